The molecule has 5 heteroatoms. The van der Waals surface area contributed by atoms with Crippen LogP contribution in [0.25, 0.3) is 10.9 Å². The highest BCUT2D eigenvalue weighted by molar-refractivity contribution is 6.38. The van der Waals surface area contributed by atoms with E-state index in [1.807, 2.05) is 0 Å². The van der Waals surface area contributed by atoms with Gasteiger partial charge in [0.15, 0.2) is 0 Å². The first-order valence-electron chi connectivity index (χ1n) is 4.06. The van der Waals surface area contributed by atoms with Crippen LogP contribution in [0.1, 0.15) is 10.4 Å². The highest BCUT2D eigenvalue weighted by Gasteiger charge is 2.12. The zero-order valence-corrected chi connectivity index (χ0v) is 8.12. The monoisotopic (exact) mass is 225 g/mol. The van der Waals surface area contributed by atoms with Gasteiger partial charge in [0.2, 0.25) is 0 Å². The molecule has 0 unspecified atom stereocenters. The van der Waals surface area contributed by atoms with Gasteiger partial charge >= 0.3 is 5.97 Å². The molecular weight excluding hydrogens is 221 g/mol. The van der Waals surface area contributed by atoms with Gasteiger partial charge < -0.3 is 5.11 Å². The van der Waals surface area contributed by atoms with E-state index in [9.17, 15) is 9.18 Å². The molecule has 3 nitrogen and oxygen atoms in total. The third-order valence-corrected chi connectivity index (χ3v) is 2.40. The molecule has 0 aliphatic carbocycles. The predicted octanol–water partition coefficient (Wildman–Crippen LogP) is 2.73. The second kappa shape index (κ2) is 3.47. The molecule has 1 aromatic heterocycles. The second-order valence-corrected chi connectivity index (χ2v) is 3.33. The van der Waals surface area contributed by atoms with Gasteiger partial charge in [0.1, 0.15) is 5.82 Å². The van der Waals surface area contributed by atoms with Crippen LogP contribution in [0.2, 0.25) is 5.02 Å². The minimum atomic E-state index is -1.15. The van der Waals surface area contributed by atoms with Gasteiger partial charge in [0.05, 0.1) is 16.1 Å². The zero-order chi connectivity index (χ0) is 11.0. The van der Waals surface area contributed by atoms with Crippen molar-refractivity contribution in [2.75, 3.05) is 0 Å². The highest BCUT2D eigenvalue weighted by atomic mass is 35.5. The number of fused-ring (bicyclic) bond motifs is 1. The Morgan fingerprint density at radius 3 is 2.87 bits per heavy atom. The quantitative estimate of drug-likeness (QED) is 0.812. The first kappa shape index (κ1) is 9.86. The highest BCUT2D eigenvalue weighted by Crippen LogP contribution is 2.25. The Bertz CT molecular complexity index is 556. The SMILES string of the molecule is O=C(O)c1cnc2cc(F)ccc2c1Cl. The van der Waals surface area contributed by atoms with Crippen molar-refractivity contribution >= 4 is 28.5 Å². The van der Waals surface area contributed by atoms with E-state index in [1.165, 1.54) is 18.2 Å². The fourth-order valence-corrected chi connectivity index (χ4v) is 1.57. The van der Waals surface area contributed by atoms with Gasteiger partial charge in [-0.2, -0.15) is 0 Å². The average Bonchev–Trinajstić information content (AvgIpc) is 2.17. The van der Waals surface area contributed by atoms with E-state index in [2.05, 4.69) is 4.98 Å². The summed E-state index contributed by atoms with van der Waals surface area (Å²) in [5.41, 5.74) is 0.251. The van der Waals surface area contributed by atoms with Crippen LogP contribution in [0.5, 0.6) is 0 Å². The number of hydrogen-bond donors (Lipinski definition) is 1. The van der Waals surface area contributed by atoms with Crippen molar-refractivity contribution in [3.8, 4) is 0 Å². The van der Waals surface area contributed by atoms with Crippen LogP contribution in [0, 0.1) is 5.82 Å². The lowest BCUT2D eigenvalue weighted by Gasteiger charge is -2.02. The summed E-state index contributed by atoms with van der Waals surface area (Å²) in [6, 6.07) is 3.82. The van der Waals surface area contributed by atoms with Crippen molar-refractivity contribution in [1.29, 1.82) is 0 Å². The number of aromatic nitrogens is 1. The van der Waals surface area contributed by atoms with Crippen molar-refractivity contribution in [2.45, 2.75) is 0 Å². The number of halogens is 2. The fourth-order valence-electron chi connectivity index (χ4n) is 1.28. The Balaban J connectivity index is 2.80. The van der Waals surface area contributed by atoms with Crippen molar-refractivity contribution in [3.05, 3.63) is 40.8 Å². The van der Waals surface area contributed by atoms with Crippen LogP contribution in [0.15, 0.2) is 24.4 Å². The Morgan fingerprint density at radius 2 is 2.20 bits per heavy atom. The summed E-state index contributed by atoms with van der Waals surface area (Å²) in [4.78, 5) is 14.6. The molecule has 1 N–H and O–H groups in total. The van der Waals surface area contributed by atoms with E-state index in [4.69, 9.17) is 16.7 Å². The van der Waals surface area contributed by atoms with E-state index in [1.54, 1.807) is 0 Å². The van der Waals surface area contributed by atoms with E-state index in [-0.39, 0.29) is 10.6 Å². The van der Waals surface area contributed by atoms with Crippen LogP contribution in [0.3, 0.4) is 0 Å². The lowest BCUT2D eigenvalue weighted by Crippen LogP contribution is -1.99. The maximum Gasteiger partial charge on any atom is 0.338 e. The first-order valence-corrected chi connectivity index (χ1v) is 4.44. The van der Waals surface area contributed by atoms with E-state index in [0.29, 0.717) is 10.9 Å². The lowest BCUT2D eigenvalue weighted by molar-refractivity contribution is 0.0697. The molecular formula is C10H5ClFNO2. The Hall–Kier alpha value is -1.68. The van der Waals surface area contributed by atoms with E-state index < -0.39 is 11.8 Å². The second-order valence-electron chi connectivity index (χ2n) is 2.95. The Morgan fingerprint density at radius 1 is 1.47 bits per heavy atom. The summed E-state index contributed by atoms with van der Waals surface area (Å²) in [6.07, 6.45) is 1.12. The number of rotatable bonds is 1. The molecule has 0 saturated heterocycles. The number of carboxylic acids is 1. The predicted molar refractivity (Wildman–Crippen MR) is 53.7 cm³/mol. The Kier molecular flexibility index (Phi) is 2.28. The molecule has 76 valence electrons. The molecule has 1 heterocycles. The van der Waals surface area contributed by atoms with Crippen LogP contribution < -0.4 is 0 Å². The molecule has 0 spiro atoms. The van der Waals surface area contributed by atoms with Crippen LogP contribution in [-0.2, 0) is 0 Å². The first-order chi connectivity index (χ1) is 7.09. The number of hydrogen-bond acceptors (Lipinski definition) is 2. The maximum atomic E-state index is 12.8. The number of nitrogens with zero attached hydrogens (tertiary/aromatic N) is 1. The molecule has 0 aliphatic rings. The number of carbonyl (C=O) groups is 1. The zero-order valence-electron chi connectivity index (χ0n) is 7.37. The maximum absolute atomic E-state index is 12.8. The van der Waals surface area contributed by atoms with Crippen LogP contribution in [-0.4, -0.2) is 16.1 Å². The summed E-state index contributed by atoms with van der Waals surface area (Å²) in [6.45, 7) is 0. The summed E-state index contributed by atoms with van der Waals surface area (Å²) < 4.78 is 12.8. The van der Waals surface area contributed by atoms with Crippen LogP contribution in [0.4, 0.5) is 4.39 Å². The van der Waals surface area contributed by atoms with Gasteiger partial charge in [-0.3, -0.25) is 4.98 Å². The van der Waals surface area contributed by atoms with Gasteiger partial charge in [0.25, 0.3) is 0 Å². The van der Waals surface area contributed by atoms with Crippen LogP contribution >= 0.6 is 11.6 Å². The van der Waals surface area contributed by atoms with Gasteiger partial charge in [-0.15, -0.1) is 0 Å². The molecule has 1 aromatic carbocycles. The molecule has 0 amide bonds. The van der Waals surface area contributed by atoms with Crippen molar-refractivity contribution in [3.63, 3.8) is 0 Å². The molecule has 0 bridgehead atoms. The lowest BCUT2D eigenvalue weighted by atomic mass is 10.1. The number of aromatic carboxylic acids is 1. The molecule has 2 rings (SSSR count). The minimum absolute atomic E-state index is 0.0764. The molecule has 0 saturated carbocycles. The summed E-state index contributed by atoms with van der Waals surface area (Å²) in [7, 11) is 0. The topological polar surface area (TPSA) is 50.2 Å². The Labute approximate surface area is 89.1 Å². The molecule has 15 heavy (non-hydrogen) atoms. The number of pyridine rings is 1. The third kappa shape index (κ3) is 1.64. The third-order valence-electron chi connectivity index (χ3n) is 2.00. The molecule has 0 aliphatic heterocycles. The van der Waals surface area contributed by atoms with E-state index >= 15 is 0 Å². The number of benzene rings is 1. The molecule has 2 aromatic rings. The molecule has 0 atom stereocenters. The smallest absolute Gasteiger partial charge is 0.338 e. The largest absolute Gasteiger partial charge is 0.478 e. The van der Waals surface area contributed by atoms with Gasteiger partial charge in [-0.25, -0.2) is 9.18 Å². The standard InChI is InChI=1S/C10H5ClFNO2/c11-9-6-2-1-5(12)3-8(6)13-4-7(9)10(14)15/h1-4H,(H,14,15). The normalized spacial score (nSPS) is 10.5. The van der Waals surface area contributed by atoms with Crippen molar-refractivity contribution in [2.24, 2.45) is 0 Å². The minimum Gasteiger partial charge on any atom is -0.478 e. The summed E-state index contributed by atoms with van der Waals surface area (Å²) >= 11 is 5.85. The number of carboxylic acid groups (broad SMARTS) is 1. The van der Waals surface area contributed by atoms with Gasteiger partial charge in [-0.05, 0) is 12.1 Å². The van der Waals surface area contributed by atoms with Crippen molar-refractivity contribution in [1.82, 2.24) is 4.98 Å². The van der Waals surface area contributed by atoms with Gasteiger partial charge in [0, 0.05) is 17.6 Å². The van der Waals surface area contributed by atoms with E-state index in [0.717, 1.165) is 6.20 Å². The summed E-state index contributed by atoms with van der Waals surface area (Å²) in [5, 5.41) is 9.29. The van der Waals surface area contributed by atoms with Crippen molar-refractivity contribution < 1.29 is 14.3 Å². The van der Waals surface area contributed by atoms with Gasteiger partial charge in [-0.1, -0.05) is 11.6 Å². The average molecular weight is 226 g/mol. The molecule has 0 fully saturated rings. The summed E-state index contributed by atoms with van der Waals surface area (Å²) in [5.74, 6) is -1.59. The molecule has 0 radical (unpaired) electrons. The fraction of sp³-hybridized carbons (Fsp3) is 0.